The molecule has 4 aromatic rings. The van der Waals surface area contributed by atoms with E-state index in [2.05, 4.69) is 0 Å². The number of benzene rings is 4. The molecule has 0 saturated heterocycles. The fraction of sp³-hybridized carbons (Fsp3) is 0.0769. The molecule has 2 N–H and O–H groups in total. The molecule has 1 aliphatic heterocycles. The zero-order chi connectivity index (χ0) is 20.7. The van der Waals surface area contributed by atoms with Gasteiger partial charge in [-0.15, -0.1) is 0 Å². The van der Waals surface area contributed by atoms with E-state index < -0.39 is 0 Å². The lowest BCUT2D eigenvalue weighted by Gasteiger charge is -2.30. The number of hydrogen-bond acceptors (Lipinski definition) is 4. The molecule has 0 bridgehead atoms. The van der Waals surface area contributed by atoms with Gasteiger partial charge < -0.3 is 19.7 Å². The molecule has 0 fully saturated rings. The van der Waals surface area contributed by atoms with E-state index in [9.17, 15) is 10.2 Å². The van der Waals surface area contributed by atoms with Crippen LogP contribution in [-0.4, -0.2) is 10.2 Å². The van der Waals surface area contributed by atoms with Gasteiger partial charge in [-0.05, 0) is 43.3 Å². The largest absolute Gasteiger partial charge is 0.508 e. The second-order valence-electron chi connectivity index (χ2n) is 7.30. The van der Waals surface area contributed by atoms with Crippen LogP contribution in [0, 0.1) is 6.92 Å². The summed E-state index contributed by atoms with van der Waals surface area (Å²) in [4.78, 5) is 0. The molecular weight excluding hydrogens is 376 g/mol. The first-order chi connectivity index (χ1) is 14.6. The molecule has 0 radical (unpaired) electrons. The number of para-hydroxylation sites is 2. The molecule has 1 aliphatic rings. The van der Waals surface area contributed by atoms with Gasteiger partial charge in [0.2, 0.25) is 0 Å². The van der Waals surface area contributed by atoms with E-state index in [1.165, 1.54) is 0 Å². The third kappa shape index (κ3) is 2.94. The molecule has 5 rings (SSSR count). The monoisotopic (exact) mass is 396 g/mol. The Morgan fingerprint density at radius 3 is 2.17 bits per heavy atom. The van der Waals surface area contributed by atoms with Crippen molar-refractivity contribution in [3.8, 4) is 34.5 Å². The van der Waals surface area contributed by atoms with Crippen LogP contribution in [0.15, 0.2) is 84.9 Å². The number of phenolic OH excluding ortho intramolecular Hbond substituents is 2. The van der Waals surface area contributed by atoms with Crippen molar-refractivity contribution < 1.29 is 19.7 Å². The fourth-order valence-electron chi connectivity index (χ4n) is 3.96. The number of fused-ring (bicyclic) bond motifs is 2. The van der Waals surface area contributed by atoms with Crippen LogP contribution in [0.2, 0.25) is 0 Å². The Labute approximate surface area is 174 Å². The number of aromatic hydroxyl groups is 2. The second-order valence-corrected chi connectivity index (χ2v) is 7.30. The zero-order valence-corrected chi connectivity index (χ0v) is 16.4. The van der Waals surface area contributed by atoms with Gasteiger partial charge in [-0.25, -0.2) is 0 Å². The van der Waals surface area contributed by atoms with Gasteiger partial charge >= 0.3 is 0 Å². The van der Waals surface area contributed by atoms with Crippen LogP contribution >= 0.6 is 0 Å². The Morgan fingerprint density at radius 2 is 1.30 bits per heavy atom. The van der Waals surface area contributed by atoms with Crippen molar-refractivity contribution in [3.05, 3.63) is 107 Å². The van der Waals surface area contributed by atoms with E-state index in [4.69, 9.17) is 9.47 Å². The highest BCUT2D eigenvalue weighted by molar-refractivity contribution is 5.64. The Balaban J connectivity index is 1.70. The predicted molar refractivity (Wildman–Crippen MR) is 115 cm³/mol. The quantitative estimate of drug-likeness (QED) is 0.366. The van der Waals surface area contributed by atoms with Gasteiger partial charge in [0.15, 0.2) is 0 Å². The molecule has 4 nitrogen and oxygen atoms in total. The normalized spacial score (nSPS) is 14.4. The maximum Gasteiger partial charge on any atom is 0.135 e. The van der Waals surface area contributed by atoms with E-state index in [-0.39, 0.29) is 17.4 Å². The van der Waals surface area contributed by atoms with E-state index in [1.54, 1.807) is 24.3 Å². The molecule has 1 heterocycles. The summed E-state index contributed by atoms with van der Waals surface area (Å²) in [5.41, 5.74) is 3.23. The van der Waals surface area contributed by atoms with Crippen molar-refractivity contribution in [1.29, 1.82) is 0 Å². The standard InChI is InChI=1S/C26H20O4/c1-16-19(27)10-6-14-21(16)29-22-12-4-2-8-17(22)25-18-9-3-5-13-23(18)30-24-15-7-11-20(28)26(24)25/h2-15,25,27-28H,1H3/t25-/m0/s1. The van der Waals surface area contributed by atoms with Gasteiger partial charge in [0.1, 0.15) is 34.5 Å². The SMILES string of the molecule is Cc1c(O)cccc1Oc1ccccc1[C@H]1c2ccccc2Oc2cccc(O)c21. The van der Waals surface area contributed by atoms with Crippen LogP contribution in [0.3, 0.4) is 0 Å². The summed E-state index contributed by atoms with van der Waals surface area (Å²) in [6, 6.07) is 26.1. The Morgan fingerprint density at radius 1 is 0.667 bits per heavy atom. The number of hydrogen-bond donors (Lipinski definition) is 2. The van der Waals surface area contributed by atoms with Crippen molar-refractivity contribution in [1.82, 2.24) is 0 Å². The smallest absolute Gasteiger partial charge is 0.135 e. The van der Waals surface area contributed by atoms with Crippen molar-refractivity contribution in [2.75, 3.05) is 0 Å². The van der Waals surface area contributed by atoms with Crippen LogP contribution in [0.4, 0.5) is 0 Å². The lowest BCUT2D eigenvalue weighted by molar-refractivity contribution is 0.420. The van der Waals surface area contributed by atoms with Gasteiger partial charge in [-0.3, -0.25) is 0 Å². The highest BCUT2D eigenvalue weighted by atomic mass is 16.5. The highest BCUT2D eigenvalue weighted by Crippen LogP contribution is 2.52. The van der Waals surface area contributed by atoms with Gasteiger partial charge in [0.25, 0.3) is 0 Å². The molecule has 0 aromatic heterocycles. The maximum atomic E-state index is 10.7. The molecule has 1 atom stereocenters. The van der Waals surface area contributed by atoms with Crippen LogP contribution in [0.5, 0.6) is 34.5 Å². The van der Waals surface area contributed by atoms with Crippen LogP contribution in [0.25, 0.3) is 0 Å². The first-order valence-corrected chi connectivity index (χ1v) is 9.77. The van der Waals surface area contributed by atoms with Crippen molar-refractivity contribution in [2.24, 2.45) is 0 Å². The summed E-state index contributed by atoms with van der Waals surface area (Å²) in [5, 5.41) is 20.8. The average Bonchev–Trinajstić information content (AvgIpc) is 2.76. The van der Waals surface area contributed by atoms with Gasteiger partial charge in [-0.1, -0.05) is 48.5 Å². The maximum absolute atomic E-state index is 10.7. The Bertz CT molecular complexity index is 1250. The molecule has 148 valence electrons. The molecule has 0 aliphatic carbocycles. The topological polar surface area (TPSA) is 58.9 Å². The second kappa shape index (κ2) is 7.16. The molecule has 0 saturated carbocycles. The van der Waals surface area contributed by atoms with Crippen LogP contribution in [0.1, 0.15) is 28.2 Å². The summed E-state index contributed by atoms with van der Waals surface area (Å²) in [7, 11) is 0. The fourth-order valence-corrected chi connectivity index (χ4v) is 3.96. The number of ether oxygens (including phenoxy) is 2. The van der Waals surface area contributed by atoms with Gasteiger partial charge in [0.05, 0.1) is 0 Å². The molecule has 4 aromatic carbocycles. The lowest BCUT2D eigenvalue weighted by Crippen LogP contribution is -2.12. The van der Waals surface area contributed by atoms with E-state index >= 15 is 0 Å². The lowest BCUT2D eigenvalue weighted by atomic mass is 9.81. The summed E-state index contributed by atoms with van der Waals surface area (Å²) < 4.78 is 12.3. The predicted octanol–water partition coefficient (Wildman–Crippen LogP) is 6.48. The van der Waals surface area contributed by atoms with Gasteiger partial charge in [-0.2, -0.15) is 0 Å². The minimum Gasteiger partial charge on any atom is -0.508 e. The third-order valence-corrected chi connectivity index (χ3v) is 5.49. The Kier molecular flexibility index (Phi) is 4.32. The first-order valence-electron chi connectivity index (χ1n) is 9.77. The minimum atomic E-state index is -0.264. The Hall–Kier alpha value is -3.92. The van der Waals surface area contributed by atoms with E-state index in [0.29, 0.717) is 28.4 Å². The average molecular weight is 396 g/mol. The van der Waals surface area contributed by atoms with E-state index in [0.717, 1.165) is 16.9 Å². The van der Waals surface area contributed by atoms with Gasteiger partial charge in [0, 0.05) is 28.2 Å². The molecular formula is C26H20O4. The number of phenols is 2. The summed E-state index contributed by atoms with van der Waals surface area (Å²) in [5.74, 6) is 2.72. The zero-order valence-electron chi connectivity index (χ0n) is 16.4. The summed E-state index contributed by atoms with van der Waals surface area (Å²) >= 11 is 0. The minimum absolute atomic E-state index is 0.176. The van der Waals surface area contributed by atoms with Crippen LogP contribution < -0.4 is 9.47 Å². The third-order valence-electron chi connectivity index (χ3n) is 5.49. The number of rotatable bonds is 3. The van der Waals surface area contributed by atoms with Crippen molar-refractivity contribution in [2.45, 2.75) is 12.8 Å². The highest BCUT2D eigenvalue weighted by Gasteiger charge is 2.32. The molecule has 4 heteroatoms. The molecule has 0 unspecified atom stereocenters. The van der Waals surface area contributed by atoms with Crippen molar-refractivity contribution in [3.63, 3.8) is 0 Å². The first kappa shape index (κ1) is 18.1. The van der Waals surface area contributed by atoms with E-state index in [1.807, 2.05) is 67.6 Å². The van der Waals surface area contributed by atoms with Crippen molar-refractivity contribution >= 4 is 0 Å². The summed E-state index contributed by atoms with van der Waals surface area (Å²) in [6.45, 7) is 1.82. The summed E-state index contributed by atoms with van der Waals surface area (Å²) in [6.07, 6.45) is 0. The van der Waals surface area contributed by atoms with Crippen LogP contribution in [-0.2, 0) is 0 Å². The molecule has 30 heavy (non-hydrogen) atoms. The molecule has 0 spiro atoms. The molecule has 0 amide bonds.